The fraction of sp³-hybridized carbons (Fsp3) is 0.368. The molecule has 0 bridgehead atoms. The lowest BCUT2D eigenvalue weighted by Gasteiger charge is -2.25. The Bertz CT molecular complexity index is 553. The molecule has 0 unspecified atom stereocenters. The molecule has 3 atom stereocenters. The lowest BCUT2D eigenvalue weighted by Crippen LogP contribution is -2.38. The minimum Gasteiger partial charge on any atom is -0.508 e. The van der Waals surface area contributed by atoms with Gasteiger partial charge in [-0.15, -0.1) is 0 Å². The highest BCUT2D eigenvalue weighted by Gasteiger charge is 2.18. The van der Waals surface area contributed by atoms with Crippen molar-refractivity contribution < 1.29 is 10.2 Å². The number of hydrogen-bond acceptors (Lipinski definition) is 3. The predicted molar refractivity (Wildman–Crippen MR) is 89.9 cm³/mol. The van der Waals surface area contributed by atoms with Crippen molar-refractivity contribution >= 4 is 0 Å². The molecule has 2 aromatic carbocycles. The van der Waals surface area contributed by atoms with Crippen LogP contribution in [0.5, 0.6) is 5.75 Å². The molecule has 0 aliphatic carbocycles. The maximum absolute atomic E-state index is 10.4. The molecule has 0 aliphatic heterocycles. The van der Waals surface area contributed by atoms with Gasteiger partial charge in [0.15, 0.2) is 0 Å². The van der Waals surface area contributed by atoms with Gasteiger partial charge in [0.05, 0.1) is 6.10 Å². The molecule has 0 heterocycles. The Labute approximate surface area is 132 Å². The number of phenolic OH excluding ortho intramolecular Hbond substituents is 1. The number of aromatic hydroxyl groups is 1. The molecular formula is C19H25NO2. The first-order chi connectivity index (χ1) is 10.6. The lowest BCUT2D eigenvalue weighted by atomic mass is 10.0. The number of hydrogen-bond donors (Lipinski definition) is 3. The molecule has 0 fully saturated rings. The van der Waals surface area contributed by atoms with E-state index in [1.54, 1.807) is 24.3 Å². The molecule has 0 spiro atoms. The topological polar surface area (TPSA) is 52.5 Å². The van der Waals surface area contributed by atoms with E-state index in [9.17, 15) is 10.2 Å². The SMILES string of the molecule is C[C@H](CCc1ccccc1)N[C@H](C)[C@@H](O)c1ccc(O)cc1. The van der Waals surface area contributed by atoms with Crippen molar-refractivity contribution in [2.24, 2.45) is 0 Å². The molecule has 0 saturated carbocycles. The van der Waals surface area contributed by atoms with Crippen LogP contribution in [0.4, 0.5) is 0 Å². The Morgan fingerprint density at radius 3 is 2.23 bits per heavy atom. The van der Waals surface area contributed by atoms with Gasteiger partial charge in [-0.25, -0.2) is 0 Å². The second-order valence-corrected chi connectivity index (χ2v) is 5.92. The smallest absolute Gasteiger partial charge is 0.115 e. The molecular weight excluding hydrogens is 274 g/mol. The number of aryl methyl sites for hydroxylation is 1. The van der Waals surface area contributed by atoms with Crippen LogP contribution in [-0.4, -0.2) is 22.3 Å². The zero-order chi connectivity index (χ0) is 15.9. The van der Waals surface area contributed by atoms with E-state index in [-0.39, 0.29) is 11.8 Å². The van der Waals surface area contributed by atoms with Gasteiger partial charge >= 0.3 is 0 Å². The summed E-state index contributed by atoms with van der Waals surface area (Å²) in [6.07, 6.45) is 1.47. The molecule has 2 aromatic rings. The van der Waals surface area contributed by atoms with Crippen molar-refractivity contribution in [1.82, 2.24) is 5.32 Å². The summed E-state index contributed by atoms with van der Waals surface area (Å²) in [7, 11) is 0. The van der Waals surface area contributed by atoms with Crippen LogP contribution >= 0.6 is 0 Å². The van der Waals surface area contributed by atoms with Crippen molar-refractivity contribution in [2.45, 2.75) is 44.9 Å². The van der Waals surface area contributed by atoms with E-state index < -0.39 is 6.10 Å². The summed E-state index contributed by atoms with van der Waals surface area (Å²) < 4.78 is 0. The molecule has 3 nitrogen and oxygen atoms in total. The van der Waals surface area contributed by atoms with Gasteiger partial charge in [0.1, 0.15) is 5.75 Å². The van der Waals surface area contributed by atoms with E-state index in [0.29, 0.717) is 6.04 Å². The highest BCUT2D eigenvalue weighted by Crippen LogP contribution is 2.20. The van der Waals surface area contributed by atoms with Crippen molar-refractivity contribution in [3.8, 4) is 5.75 Å². The zero-order valence-corrected chi connectivity index (χ0v) is 13.2. The third-order valence-corrected chi connectivity index (χ3v) is 3.96. The molecule has 118 valence electrons. The zero-order valence-electron chi connectivity index (χ0n) is 13.2. The van der Waals surface area contributed by atoms with Crippen molar-refractivity contribution in [3.05, 3.63) is 65.7 Å². The van der Waals surface area contributed by atoms with Crippen LogP contribution < -0.4 is 5.32 Å². The number of aliphatic hydroxyl groups is 1. The minimum atomic E-state index is -0.584. The summed E-state index contributed by atoms with van der Waals surface area (Å²) in [6, 6.07) is 17.4. The Morgan fingerprint density at radius 2 is 1.59 bits per heavy atom. The van der Waals surface area contributed by atoms with Gasteiger partial charge in [0.2, 0.25) is 0 Å². The van der Waals surface area contributed by atoms with E-state index in [1.807, 2.05) is 13.0 Å². The molecule has 3 N–H and O–H groups in total. The van der Waals surface area contributed by atoms with Crippen LogP contribution in [0.1, 0.15) is 37.5 Å². The fourth-order valence-corrected chi connectivity index (χ4v) is 2.61. The second kappa shape index (κ2) is 7.97. The molecule has 2 rings (SSSR count). The van der Waals surface area contributed by atoms with Crippen LogP contribution in [0.3, 0.4) is 0 Å². The predicted octanol–water partition coefficient (Wildman–Crippen LogP) is 3.43. The van der Waals surface area contributed by atoms with E-state index >= 15 is 0 Å². The first kappa shape index (κ1) is 16.5. The standard InChI is InChI=1S/C19H25NO2/c1-14(8-9-16-6-4-3-5-7-16)20-15(2)19(22)17-10-12-18(21)13-11-17/h3-7,10-15,19-22H,8-9H2,1-2H3/t14-,15-,19-/m1/s1. The molecule has 22 heavy (non-hydrogen) atoms. The molecule has 0 amide bonds. The molecule has 0 radical (unpaired) electrons. The third kappa shape index (κ3) is 4.86. The van der Waals surface area contributed by atoms with Crippen molar-refractivity contribution in [1.29, 1.82) is 0 Å². The molecule has 3 heteroatoms. The van der Waals surface area contributed by atoms with Crippen molar-refractivity contribution in [3.63, 3.8) is 0 Å². The first-order valence-corrected chi connectivity index (χ1v) is 7.83. The van der Waals surface area contributed by atoms with Crippen LogP contribution in [0.2, 0.25) is 0 Å². The van der Waals surface area contributed by atoms with Crippen LogP contribution in [0.25, 0.3) is 0 Å². The Kier molecular flexibility index (Phi) is 5.99. The maximum Gasteiger partial charge on any atom is 0.115 e. The largest absolute Gasteiger partial charge is 0.508 e. The van der Waals surface area contributed by atoms with Gasteiger partial charge in [-0.3, -0.25) is 0 Å². The van der Waals surface area contributed by atoms with Crippen LogP contribution in [-0.2, 0) is 6.42 Å². The summed E-state index contributed by atoms with van der Waals surface area (Å²) in [5.74, 6) is 0.216. The van der Waals surface area contributed by atoms with Crippen LogP contribution in [0.15, 0.2) is 54.6 Å². The molecule has 0 aliphatic rings. The Balaban J connectivity index is 1.82. The maximum atomic E-state index is 10.4. The number of phenols is 1. The quantitative estimate of drug-likeness (QED) is 0.734. The van der Waals surface area contributed by atoms with E-state index in [2.05, 4.69) is 36.5 Å². The Morgan fingerprint density at radius 1 is 0.955 bits per heavy atom. The third-order valence-electron chi connectivity index (χ3n) is 3.96. The number of nitrogens with one attached hydrogen (secondary N) is 1. The van der Waals surface area contributed by atoms with Crippen LogP contribution in [0, 0.1) is 0 Å². The summed E-state index contributed by atoms with van der Waals surface area (Å²) in [5.41, 5.74) is 2.15. The average molecular weight is 299 g/mol. The average Bonchev–Trinajstić information content (AvgIpc) is 2.54. The van der Waals surface area contributed by atoms with Gasteiger partial charge in [-0.2, -0.15) is 0 Å². The van der Waals surface area contributed by atoms with Crippen molar-refractivity contribution in [2.75, 3.05) is 0 Å². The van der Waals surface area contributed by atoms with Gasteiger partial charge in [0, 0.05) is 12.1 Å². The van der Waals surface area contributed by atoms with Gasteiger partial charge in [-0.1, -0.05) is 42.5 Å². The highest BCUT2D eigenvalue weighted by molar-refractivity contribution is 5.27. The van der Waals surface area contributed by atoms with Gasteiger partial charge in [0.25, 0.3) is 0 Å². The Hall–Kier alpha value is -1.84. The lowest BCUT2D eigenvalue weighted by molar-refractivity contribution is 0.129. The second-order valence-electron chi connectivity index (χ2n) is 5.92. The summed E-state index contributed by atoms with van der Waals surface area (Å²) in [5, 5.41) is 23.1. The molecule has 0 saturated heterocycles. The monoisotopic (exact) mass is 299 g/mol. The number of aliphatic hydroxyl groups excluding tert-OH is 1. The fourth-order valence-electron chi connectivity index (χ4n) is 2.61. The molecule has 0 aromatic heterocycles. The van der Waals surface area contributed by atoms with E-state index in [1.165, 1.54) is 5.56 Å². The number of benzene rings is 2. The van der Waals surface area contributed by atoms with Gasteiger partial charge < -0.3 is 15.5 Å². The summed E-state index contributed by atoms with van der Waals surface area (Å²) >= 11 is 0. The van der Waals surface area contributed by atoms with Gasteiger partial charge in [-0.05, 0) is 49.9 Å². The highest BCUT2D eigenvalue weighted by atomic mass is 16.3. The summed E-state index contributed by atoms with van der Waals surface area (Å²) in [6.45, 7) is 4.12. The first-order valence-electron chi connectivity index (χ1n) is 7.83. The minimum absolute atomic E-state index is 0.0460. The number of rotatable bonds is 7. The summed E-state index contributed by atoms with van der Waals surface area (Å²) in [4.78, 5) is 0. The van der Waals surface area contributed by atoms with E-state index in [0.717, 1.165) is 18.4 Å². The van der Waals surface area contributed by atoms with E-state index in [4.69, 9.17) is 0 Å². The normalized spacial score (nSPS) is 15.2.